The molecular weight excluding hydrogens is 1430 g/mol. The molecule has 3 saturated heterocycles. The molecule has 3 aliphatic rings. The van der Waals surface area contributed by atoms with Gasteiger partial charge < -0.3 is 45.3 Å². The van der Waals surface area contributed by atoms with Crippen LogP contribution in [0.4, 0.5) is 27.0 Å². The van der Waals surface area contributed by atoms with Crippen molar-refractivity contribution in [1.82, 2.24) is 105 Å². The fourth-order valence-electron chi connectivity index (χ4n) is 12.2. The first-order valence-electron chi connectivity index (χ1n) is 35.8. The molecule has 4 N–H and O–H groups in total. The Morgan fingerprint density at radius 2 is 0.774 bits per heavy atom. The van der Waals surface area contributed by atoms with Gasteiger partial charge in [0.05, 0.1) is 90.8 Å². The van der Waals surface area contributed by atoms with Gasteiger partial charge in [-0.2, -0.15) is 15.3 Å². The lowest BCUT2D eigenvalue weighted by Gasteiger charge is -2.13. The van der Waals surface area contributed by atoms with Crippen LogP contribution in [-0.2, 0) is 67.5 Å². The predicted octanol–water partition coefficient (Wildman–Crippen LogP) is 11.2. The average molecular weight is 1510 g/mol. The van der Waals surface area contributed by atoms with Gasteiger partial charge in [-0.1, -0.05) is 45.6 Å². The van der Waals surface area contributed by atoms with Gasteiger partial charge in [-0.3, -0.25) is 43.4 Å². The summed E-state index contributed by atoms with van der Waals surface area (Å²) in [5.74, 6) is 0.342. The topological polar surface area (TPSA) is 347 Å². The number of pyridine rings is 6. The highest BCUT2D eigenvalue weighted by Gasteiger charge is 2.18. The van der Waals surface area contributed by atoms with Crippen LogP contribution in [0.5, 0.6) is 0 Å². The number of esters is 3. The van der Waals surface area contributed by atoms with Crippen LogP contribution in [0.2, 0.25) is 5.15 Å². The van der Waals surface area contributed by atoms with Crippen molar-refractivity contribution in [2.75, 3.05) is 95.1 Å². The molecule has 0 aromatic carbocycles. The Morgan fingerprint density at radius 3 is 1.13 bits per heavy atom. The Bertz CT molecular complexity index is 4630. The molecule has 554 valence electrons. The lowest BCUT2D eigenvalue weighted by molar-refractivity contribution is -0.143. The van der Waals surface area contributed by atoms with E-state index in [1.165, 1.54) is 112 Å². The van der Waals surface area contributed by atoms with Gasteiger partial charge in [0.1, 0.15) is 31.8 Å². The zero-order chi connectivity index (χ0) is 73.4. The highest BCUT2D eigenvalue weighted by Crippen LogP contribution is 2.29. The number of carbonyl (C=O) groups excluding carboxylic acids is 3. The van der Waals surface area contributed by atoms with E-state index in [1.807, 2.05) is 99.8 Å². The minimum Gasteiger partial charge on any atom is -0.466 e. The third-order valence-electron chi connectivity index (χ3n) is 17.3. The van der Waals surface area contributed by atoms with Crippen LogP contribution in [0.15, 0.2) is 110 Å². The van der Waals surface area contributed by atoms with Gasteiger partial charge in [-0.05, 0) is 192 Å². The second-order valence-corrected chi connectivity index (χ2v) is 28.8. The minimum absolute atomic E-state index is 0.109. The smallest absolute Gasteiger partial charge is 0.312 e. The summed E-state index contributed by atoms with van der Waals surface area (Å²) in [7, 11) is 0. The molecular formula is C72H85ClN24O6S3. The number of hydrogen-bond donors (Lipinski definition) is 3. The van der Waals surface area contributed by atoms with Crippen LogP contribution in [-0.4, -0.2) is 201 Å². The van der Waals surface area contributed by atoms with Crippen molar-refractivity contribution in [3.63, 3.8) is 0 Å². The first-order valence-corrected chi connectivity index (χ1v) is 38.6. The summed E-state index contributed by atoms with van der Waals surface area (Å²) in [6.07, 6.45) is 29.1. The molecule has 0 unspecified atom stereocenters. The Balaban J connectivity index is 0.000000140. The van der Waals surface area contributed by atoms with Crippen LogP contribution in [0, 0.1) is 0 Å². The summed E-state index contributed by atoms with van der Waals surface area (Å²) in [5.41, 5.74) is 16.2. The Hall–Kier alpha value is -10.0. The molecule has 15 heterocycles. The maximum atomic E-state index is 11.7. The van der Waals surface area contributed by atoms with Crippen molar-refractivity contribution in [1.29, 1.82) is 0 Å². The molecule has 106 heavy (non-hydrogen) atoms. The summed E-state index contributed by atoms with van der Waals surface area (Å²) in [6, 6.07) is 17.2. The number of nitrogens with one attached hydrogen (secondary N) is 2. The Kier molecular flexibility index (Phi) is 27.3. The number of aryl methyl sites for hydroxylation is 3. The highest BCUT2D eigenvalue weighted by molar-refractivity contribution is 7.15. The Labute approximate surface area is 629 Å². The minimum atomic E-state index is -0.312. The van der Waals surface area contributed by atoms with Gasteiger partial charge in [0.25, 0.3) is 0 Å². The lowest BCUT2D eigenvalue weighted by Crippen LogP contribution is -2.21. The van der Waals surface area contributed by atoms with E-state index in [0.29, 0.717) is 67.0 Å². The summed E-state index contributed by atoms with van der Waals surface area (Å²) in [5, 5.41) is 47.2. The average Bonchev–Trinajstić information content (AvgIpc) is 1.19. The molecule has 0 spiro atoms. The number of anilines is 5. The number of hydrogen-bond acceptors (Lipinski definition) is 30. The normalized spacial score (nSPS) is 13.8. The zero-order valence-corrected chi connectivity index (χ0v) is 62.7. The molecule has 3 fully saturated rings. The van der Waals surface area contributed by atoms with Gasteiger partial charge in [0.15, 0.2) is 0 Å². The van der Waals surface area contributed by atoms with Crippen LogP contribution in [0.25, 0.3) is 66.5 Å². The van der Waals surface area contributed by atoms with Crippen LogP contribution in [0.3, 0.4) is 0 Å². The van der Waals surface area contributed by atoms with Gasteiger partial charge in [0.2, 0.25) is 15.4 Å². The van der Waals surface area contributed by atoms with E-state index in [-0.39, 0.29) is 37.2 Å². The number of likely N-dealkylation sites (tertiary alicyclic amines) is 3. The van der Waals surface area contributed by atoms with Crippen molar-refractivity contribution in [2.24, 2.45) is 0 Å². The highest BCUT2D eigenvalue weighted by atomic mass is 35.5. The van der Waals surface area contributed by atoms with Crippen LogP contribution < -0.4 is 16.4 Å². The van der Waals surface area contributed by atoms with Gasteiger partial charge >= 0.3 is 17.9 Å². The molecule has 0 radical (unpaired) electrons. The second-order valence-electron chi connectivity index (χ2n) is 25.2. The van der Waals surface area contributed by atoms with Crippen molar-refractivity contribution in [3.05, 3.63) is 131 Å². The maximum absolute atomic E-state index is 11.7. The van der Waals surface area contributed by atoms with Crippen molar-refractivity contribution >= 4 is 124 Å². The maximum Gasteiger partial charge on any atom is 0.312 e. The van der Waals surface area contributed by atoms with Crippen LogP contribution >= 0.6 is 45.6 Å². The molecule has 0 saturated carbocycles. The van der Waals surface area contributed by atoms with E-state index in [9.17, 15) is 14.4 Å². The molecule has 0 aliphatic carbocycles. The lowest BCUT2D eigenvalue weighted by atomic mass is 10.1. The summed E-state index contributed by atoms with van der Waals surface area (Å²) < 4.78 is 20.7. The number of nitrogens with two attached hydrogens (primary N) is 1. The third kappa shape index (κ3) is 22.5. The van der Waals surface area contributed by atoms with E-state index in [2.05, 4.69) is 110 Å². The molecule has 15 rings (SSSR count). The number of ether oxygens (including phenoxy) is 3. The van der Waals surface area contributed by atoms with E-state index >= 15 is 0 Å². The van der Waals surface area contributed by atoms with E-state index in [4.69, 9.17) is 41.5 Å². The standard InChI is InChI=1S/2C24H28N8O2S.C18H20ClN5.C6H9N3O2S/c2*1-2-34-23(33)13-22-29-30-24(35-22)28-21-7-6-19-20(27-21)12-17(14-25-19)18-15-26-32(16-18)11-5-10-31-8-3-4-9-31;19-18-5-4-16-17(22-18)10-14(11-20-16)15-12-21-24(13-15)9-3-8-23-6-1-2-7-23;1-2-11-5(10)3-4-8-9-6(7)12-4/h2*6-7,12,14-16H,2-5,8-11,13H2,1H3,(H,27,28,30);4-5,10-13H,1-3,6-9H2;2-3H2,1H3,(H2,7,9). The molecule has 12 aromatic heterocycles. The van der Waals surface area contributed by atoms with Crippen molar-refractivity contribution in [3.8, 4) is 33.4 Å². The second kappa shape index (κ2) is 38.3. The summed E-state index contributed by atoms with van der Waals surface area (Å²) in [4.78, 5) is 69.1. The SMILES string of the molecule is CCOC(=O)Cc1nnc(N)s1.CCOC(=O)Cc1nnc(Nc2ccc3ncc(-c4cnn(CCCN5CCCC5)c4)cc3n2)s1.CCOC(=O)Cc1nnc(Nc2ccc3ncc(-c4cnn(CCCN5CCCC5)c4)cc3n2)s1.Clc1ccc2ncc(-c3cnn(CCCN4CCCC4)c3)cc2n1. The fraction of sp³-hybridized carbons (Fsp3) is 0.417. The number of halogens is 1. The zero-order valence-electron chi connectivity index (χ0n) is 59.5. The summed E-state index contributed by atoms with van der Waals surface area (Å²) >= 11 is 9.77. The number of nitrogen functional groups attached to an aromatic ring is 1. The number of aromatic nitrogens is 18. The first kappa shape index (κ1) is 75.6. The van der Waals surface area contributed by atoms with Crippen molar-refractivity contribution in [2.45, 2.75) is 117 Å². The first-order chi connectivity index (χ1) is 51.8. The quantitative estimate of drug-likeness (QED) is 0.0233. The number of fused-ring (bicyclic) bond motifs is 3. The van der Waals surface area contributed by atoms with E-state index in [0.717, 1.165) is 125 Å². The van der Waals surface area contributed by atoms with Gasteiger partial charge in [-0.15, -0.1) is 30.6 Å². The third-order valence-corrected chi connectivity index (χ3v) is 20.0. The number of carbonyl (C=O) groups is 3. The van der Waals surface area contributed by atoms with Crippen molar-refractivity contribution < 1.29 is 28.6 Å². The number of nitrogens with zero attached hydrogens (tertiary/aromatic N) is 21. The molecule has 0 amide bonds. The molecule has 30 nitrogen and oxygen atoms in total. The molecule has 34 heteroatoms. The van der Waals surface area contributed by atoms with Gasteiger partial charge in [-0.25, -0.2) is 15.0 Å². The fourth-order valence-corrected chi connectivity index (χ4v) is 14.4. The molecule has 3 aliphatic heterocycles. The molecule has 0 bridgehead atoms. The predicted molar refractivity (Wildman–Crippen MR) is 410 cm³/mol. The summed E-state index contributed by atoms with van der Waals surface area (Å²) in [6.45, 7) is 20.0. The van der Waals surface area contributed by atoms with Gasteiger partial charge in [0, 0.05) is 90.2 Å². The molecule has 12 aromatic rings. The largest absolute Gasteiger partial charge is 0.466 e. The molecule has 0 atom stereocenters. The van der Waals surface area contributed by atoms with E-state index in [1.54, 1.807) is 26.8 Å². The monoisotopic (exact) mass is 1510 g/mol. The van der Waals surface area contributed by atoms with Crippen LogP contribution in [0.1, 0.15) is 93.6 Å². The number of rotatable bonds is 28. The Morgan fingerprint density at radius 1 is 0.425 bits per heavy atom. The van der Waals surface area contributed by atoms with E-state index < -0.39 is 0 Å².